The second-order valence-corrected chi connectivity index (χ2v) is 15.6. The molecule has 47 heavy (non-hydrogen) atoms. The van der Waals surface area contributed by atoms with Crippen LogP contribution in [0.15, 0.2) is 0 Å². The first-order valence-electron chi connectivity index (χ1n) is 17.2. The van der Waals surface area contributed by atoms with Crippen LogP contribution in [-0.2, 0) is 38.1 Å². The third kappa shape index (κ3) is 6.68. The van der Waals surface area contributed by atoms with E-state index in [1.165, 1.54) is 27.7 Å². The Hall–Kier alpha value is -2.28. The predicted octanol–water partition coefficient (Wildman–Crippen LogP) is 2.69. The van der Waals surface area contributed by atoms with Gasteiger partial charge < -0.3 is 39.4 Å². The summed E-state index contributed by atoms with van der Waals surface area (Å²) in [7, 11) is 0. The molecule has 4 fully saturated rings. The number of rotatable bonds is 10. The Kier molecular flexibility index (Phi) is 11.1. The summed E-state index contributed by atoms with van der Waals surface area (Å²) >= 11 is 0. The Balaban J connectivity index is 1.73. The van der Waals surface area contributed by atoms with Crippen molar-refractivity contribution in [3.63, 3.8) is 0 Å². The molecule has 12 nitrogen and oxygen atoms in total. The molecule has 4 aliphatic carbocycles. The van der Waals surface area contributed by atoms with Gasteiger partial charge in [-0.15, -0.1) is 0 Å². The lowest BCUT2D eigenvalue weighted by molar-refractivity contribution is -0.324. The monoisotopic (exact) mass is 668 g/mol. The summed E-state index contributed by atoms with van der Waals surface area (Å²) in [5.74, 6) is -4.95. The average molecular weight is 669 g/mol. The first kappa shape index (κ1) is 37.5. The first-order chi connectivity index (χ1) is 21.8. The number of esters is 4. The largest absolute Gasteiger partial charge is 0.466 e. The van der Waals surface area contributed by atoms with Crippen molar-refractivity contribution in [2.75, 3.05) is 6.61 Å². The van der Waals surface area contributed by atoms with E-state index in [0.29, 0.717) is 32.3 Å². The Morgan fingerprint density at radius 1 is 0.766 bits per heavy atom. The third-order valence-corrected chi connectivity index (χ3v) is 12.4. The summed E-state index contributed by atoms with van der Waals surface area (Å²) in [6, 6.07) is 0. The van der Waals surface area contributed by atoms with Gasteiger partial charge in [-0.3, -0.25) is 19.2 Å². The van der Waals surface area contributed by atoms with Crippen LogP contribution >= 0.6 is 0 Å². The van der Waals surface area contributed by atoms with Crippen LogP contribution in [0, 0.1) is 46.3 Å². The molecule has 0 saturated heterocycles. The van der Waals surface area contributed by atoms with Gasteiger partial charge in [0.2, 0.25) is 0 Å². The fourth-order valence-corrected chi connectivity index (χ4v) is 10.8. The van der Waals surface area contributed by atoms with Crippen molar-refractivity contribution in [1.82, 2.24) is 0 Å². The lowest BCUT2D eigenvalue weighted by Gasteiger charge is -2.68. The van der Waals surface area contributed by atoms with Gasteiger partial charge in [-0.2, -0.15) is 0 Å². The fourth-order valence-electron chi connectivity index (χ4n) is 10.8. The second-order valence-electron chi connectivity index (χ2n) is 15.6. The number of aliphatic hydroxyl groups is 4. The van der Waals surface area contributed by atoms with E-state index in [0.717, 1.165) is 19.3 Å². The molecule has 0 aliphatic heterocycles. The number of aliphatic hydroxyl groups excluding tert-OH is 3. The van der Waals surface area contributed by atoms with E-state index in [1.54, 1.807) is 0 Å². The maximum absolute atomic E-state index is 13.1. The maximum atomic E-state index is 13.1. The molecule has 1 unspecified atom stereocenters. The third-order valence-electron chi connectivity index (χ3n) is 12.4. The van der Waals surface area contributed by atoms with Gasteiger partial charge in [-0.05, 0) is 66.6 Å². The van der Waals surface area contributed by atoms with Crippen molar-refractivity contribution in [2.24, 2.45) is 46.3 Å². The van der Waals surface area contributed by atoms with Gasteiger partial charge in [0.05, 0.1) is 18.8 Å². The predicted molar refractivity (Wildman–Crippen MR) is 167 cm³/mol. The summed E-state index contributed by atoms with van der Waals surface area (Å²) in [6.45, 7) is 13.3. The number of carbonyl (C=O) groups is 4. The summed E-state index contributed by atoms with van der Waals surface area (Å²) in [4.78, 5) is 48.1. The molecule has 0 radical (unpaired) electrons. The number of hydrogen-bond donors (Lipinski definition) is 4. The Bertz CT molecular complexity index is 1190. The quantitative estimate of drug-likeness (QED) is 0.197. The zero-order valence-electron chi connectivity index (χ0n) is 29.1. The number of fused-ring (bicyclic) bond motifs is 5. The molecule has 4 saturated carbocycles. The maximum Gasteiger partial charge on any atom is 0.303 e. The normalized spacial score (nSPS) is 43.7. The molecule has 0 heterocycles. The molecule has 15 atom stereocenters. The highest BCUT2D eigenvalue weighted by atomic mass is 16.6. The van der Waals surface area contributed by atoms with Crippen LogP contribution in [0.3, 0.4) is 0 Å². The van der Waals surface area contributed by atoms with Crippen LogP contribution in [-0.4, -0.2) is 93.1 Å². The molecule has 0 bridgehead atoms. The van der Waals surface area contributed by atoms with Crippen molar-refractivity contribution in [3.05, 3.63) is 0 Å². The minimum atomic E-state index is -1.97. The zero-order chi connectivity index (χ0) is 35.2. The van der Waals surface area contributed by atoms with Crippen LogP contribution in [0.4, 0.5) is 0 Å². The van der Waals surface area contributed by atoms with Gasteiger partial charge in [-0.1, -0.05) is 40.5 Å². The van der Waals surface area contributed by atoms with Gasteiger partial charge >= 0.3 is 23.9 Å². The second kappa shape index (κ2) is 13.9. The highest BCUT2D eigenvalue weighted by Crippen LogP contribution is 2.70. The topological polar surface area (TPSA) is 186 Å². The van der Waals surface area contributed by atoms with E-state index in [-0.39, 0.29) is 17.8 Å². The van der Waals surface area contributed by atoms with Crippen LogP contribution < -0.4 is 0 Å². The van der Waals surface area contributed by atoms with Crippen LogP contribution in [0.5, 0.6) is 0 Å². The molecule has 4 aliphatic rings. The molecule has 0 aromatic heterocycles. The van der Waals surface area contributed by atoms with Crippen molar-refractivity contribution in [1.29, 1.82) is 0 Å². The highest BCUT2D eigenvalue weighted by molar-refractivity contribution is 5.67. The minimum absolute atomic E-state index is 0.0616. The Morgan fingerprint density at radius 2 is 1.34 bits per heavy atom. The number of ether oxygens (including phenoxy) is 4. The summed E-state index contributed by atoms with van der Waals surface area (Å²) < 4.78 is 22.2. The lowest BCUT2D eigenvalue weighted by atomic mass is 9.40. The van der Waals surface area contributed by atoms with Gasteiger partial charge in [0.1, 0.15) is 30.0 Å². The van der Waals surface area contributed by atoms with E-state index in [4.69, 9.17) is 18.9 Å². The number of hydrogen-bond acceptors (Lipinski definition) is 12. The molecule has 0 amide bonds. The van der Waals surface area contributed by atoms with E-state index >= 15 is 0 Å². The van der Waals surface area contributed by atoms with Crippen LogP contribution in [0.25, 0.3) is 0 Å². The molecule has 0 spiro atoms. The minimum Gasteiger partial charge on any atom is -0.466 e. The van der Waals surface area contributed by atoms with E-state index in [1.807, 2.05) is 27.7 Å². The SMILES string of the molecule is CC(=O)OCC(C)CCC[C@@H](C)[C@H]1[C@@H](O)[C@H](OC(C)=O)[C@@H]2[C@]1(C)CC[C@@H]1[C@@]3(C)CC[C@H](OC(C)=O)[C@H](O)[C@@H]3[C@@H](OC(C)=O)[C@@H](O)[C@]12O. The van der Waals surface area contributed by atoms with E-state index in [2.05, 4.69) is 0 Å². The molecular formula is C35H56O12. The van der Waals surface area contributed by atoms with Crippen LogP contribution in [0.2, 0.25) is 0 Å². The van der Waals surface area contributed by atoms with Gasteiger partial charge in [0.15, 0.2) is 0 Å². The van der Waals surface area contributed by atoms with E-state index < -0.39 is 94.6 Å². The highest BCUT2D eigenvalue weighted by Gasteiger charge is 2.77. The first-order valence-corrected chi connectivity index (χ1v) is 17.2. The van der Waals surface area contributed by atoms with Gasteiger partial charge in [-0.25, -0.2) is 0 Å². The van der Waals surface area contributed by atoms with Crippen molar-refractivity contribution in [2.45, 2.75) is 143 Å². The standard InChI is InChI=1S/C35H56O12/c1-17(16-44-19(3)36)10-9-11-18(2)25-28(41)30(47-22(6)39)31-34(25,8)15-13-24-33(7)14-12-23(45-20(4)37)27(40)26(33)29(46-21(5)38)32(42)35(24,31)43/h17-18,23-32,40-43H,9-16H2,1-8H3/t17?,18-,23+,24-,25+,26-,27+,28-,29-,30+,31-,32-,33-,34-,35+/m1/s1. The van der Waals surface area contributed by atoms with Gasteiger partial charge in [0, 0.05) is 39.5 Å². The average Bonchev–Trinajstić information content (AvgIpc) is 3.17. The van der Waals surface area contributed by atoms with Crippen molar-refractivity contribution >= 4 is 23.9 Å². The van der Waals surface area contributed by atoms with E-state index in [9.17, 15) is 39.6 Å². The number of carbonyl (C=O) groups excluding carboxylic acids is 4. The van der Waals surface area contributed by atoms with Crippen LogP contribution in [0.1, 0.15) is 100 Å². The zero-order valence-corrected chi connectivity index (χ0v) is 29.1. The smallest absolute Gasteiger partial charge is 0.303 e. The molecule has 0 aromatic rings. The molecule has 268 valence electrons. The molecule has 4 N–H and O–H groups in total. The molecule has 0 aromatic carbocycles. The molecule has 4 rings (SSSR count). The molecular weight excluding hydrogens is 612 g/mol. The fraction of sp³-hybridized carbons (Fsp3) is 0.886. The van der Waals surface area contributed by atoms with Crippen molar-refractivity contribution in [3.8, 4) is 0 Å². The lowest BCUT2D eigenvalue weighted by Crippen LogP contribution is -2.77. The Labute approximate surface area is 277 Å². The van der Waals surface area contributed by atoms with Gasteiger partial charge in [0.25, 0.3) is 0 Å². The van der Waals surface area contributed by atoms with Crippen molar-refractivity contribution < 1.29 is 58.6 Å². The molecule has 12 heteroatoms. The Morgan fingerprint density at radius 3 is 1.91 bits per heavy atom. The summed E-state index contributed by atoms with van der Waals surface area (Å²) in [5.41, 5.74) is -3.63. The summed E-state index contributed by atoms with van der Waals surface area (Å²) in [6.07, 6.45) is -3.47. The summed E-state index contributed by atoms with van der Waals surface area (Å²) in [5, 5.41) is 48.9.